The second-order valence-electron chi connectivity index (χ2n) is 5.33. The molecule has 1 aromatic carbocycles. The van der Waals surface area contributed by atoms with Crippen LogP contribution < -0.4 is 5.32 Å². The number of hydrogen-bond acceptors (Lipinski definition) is 3. The topological polar surface area (TPSA) is 67.2 Å². The number of aromatic carboxylic acids is 1. The number of nitrogens with zero attached hydrogens (tertiary/aromatic N) is 2. The molecule has 5 heteroatoms. The third kappa shape index (κ3) is 2.45. The first-order valence-corrected chi connectivity index (χ1v) is 7.28. The number of carbonyl (C=O) groups is 1. The number of imidazole rings is 1. The van der Waals surface area contributed by atoms with E-state index < -0.39 is 5.97 Å². The summed E-state index contributed by atoms with van der Waals surface area (Å²) in [7, 11) is 1.88. The van der Waals surface area contributed by atoms with Gasteiger partial charge in [-0.25, -0.2) is 9.78 Å². The molecule has 0 saturated heterocycles. The molecule has 2 aromatic rings. The molecule has 0 amide bonds. The zero-order valence-electron chi connectivity index (χ0n) is 12.1. The van der Waals surface area contributed by atoms with Gasteiger partial charge in [-0.05, 0) is 25.5 Å². The predicted molar refractivity (Wildman–Crippen MR) is 80.3 cm³/mol. The van der Waals surface area contributed by atoms with Gasteiger partial charge in [0.05, 0.1) is 0 Å². The van der Waals surface area contributed by atoms with Gasteiger partial charge in [-0.1, -0.05) is 24.3 Å². The zero-order valence-corrected chi connectivity index (χ0v) is 12.1. The van der Waals surface area contributed by atoms with Crippen LogP contribution >= 0.6 is 0 Å². The van der Waals surface area contributed by atoms with Gasteiger partial charge in [0.15, 0.2) is 5.69 Å². The number of aromatic nitrogens is 2. The molecule has 5 nitrogen and oxygen atoms in total. The van der Waals surface area contributed by atoms with Crippen molar-refractivity contribution in [1.29, 1.82) is 0 Å². The standard InChI is InChI=1S/C16H19N3O2/c1-17-10-11-6-2-3-7-12(11)14-15(16(20)21)19-9-5-4-8-13(19)18-14/h2-3,6-7,17H,4-5,8-10H2,1H3,(H,20,21). The van der Waals surface area contributed by atoms with E-state index in [-0.39, 0.29) is 0 Å². The van der Waals surface area contributed by atoms with Crippen LogP contribution in [0.3, 0.4) is 0 Å². The Kier molecular flexibility index (Phi) is 3.75. The molecule has 0 atom stereocenters. The number of aryl methyl sites for hydroxylation is 1. The van der Waals surface area contributed by atoms with Crippen LogP contribution in [0.2, 0.25) is 0 Å². The van der Waals surface area contributed by atoms with Crippen LogP contribution in [0.1, 0.15) is 34.7 Å². The smallest absolute Gasteiger partial charge is 0.354 e. The number of fused-ring (bicyclic) bond motifs is 1. The summed E-state index contributed by atoms with van der Waals surface area (Å²) in [6.45, 7) is 1.44. The molecule has 21 heavy (non-hydrogen) atoms. The average molecular weight is 285 g/mol. The van der Waals surface area contributed by atoms with Crippen LogP contribution in [0.4, 0.5) is 0 Å². The van der Waals surface area contributed by atoms with Crippen molar-refractivity contribution >= 4 is 5.97 Å². The number of carboxylic acids is 1. The van der Waals surface area contributed by atoms with E-state index in [0.29, 0.717) is 17.9 Å². The zero-order chi connectivity index (χ0) is 14.8. The van der Waals surface area contributed by atoms with Crippen molar-refractivity contribution in [3.8, 4) is 11.3 Å². The summed E-state index contributed by atoms with van der Waals surface area (Å²) in [5.41, 5.74) is 2.91. The van der Waals surface area contributed by atoms with Gasteiger partial charge in [0, 0.05) is 25.1 Å². The van der Waals surface area contributed by atoms with E-state index in [2.05, 4.69) is 10.3 Å². The fraction of sp³-hybridized carbons (Fsp3) is 0.375. The van der Waals surface area contributed by atoms with Gasteiger partial charge in [-0.15, -0.1) is 0 Å². The van der Waals surface area contributed by atoms with Gasteiger partial charge in [-0.3, -0.25) is 0 Å². The largest absolute Gasteiger partial charge is 0.477 e. The number of rotatable bonds is 4. The SMILES string of the molecule is CNCc1ccccc1-c1nc2n(c1C(=O)O)CCCC2. The van der Waals surface area contributed by atoms with Gasteiger partial charge >= 0.3 is 5.97 Å². The summed E-state index contributed by atoms with van der Waals surface area (Å²) in [5, 5.41) is 12.7. The van der Waals surface area contributed by atoms with Gasteiger partial charge in [-0.2, -0.15) is 0 Å². The highest BCUT2D eigenvalue weighted by Gasteiger charge is 2.26. The van der Waals surface area contributed by atoms with Gasteiger partial charge in [0.25, 0.3) is 0 Å². The van der Waals surface area contributed by atoms with Crippen molar-refractivity contribution in [3.63, 3.8) is 0 Å². The number of carboxylic acid groups (broad SMARTS) is 1. The van der Waals surface area contributed by atoms with Gasteiger partial charge in [0.1, 0.15) is 11.5 Å². The van der Waals surface area contributed by atoms with Crippen molar-refractivity contribution in [3.05, 3.63) is 41.3 Å². The average Bonchev–Trinajstić information content (AvgIpc) is 2.87. The molecule has 0 radical (unpaired) electrons. The molecule has 0 saturated carbocycles. The molecule has 2 heterocycles. The van der Waals surface area contributed by atoms with E-state index in [0.717, 1.165) is 42.8 Å². The molecule has 0 unspecified atom stereocenters. The van der Waals surface area contributed by atoms with E-state index in [9.17, 15) is 9.90 Å². The summed E-state index contributed by atoms with van der Waals surface area (Å²) >= 11 is 0. The van der Waals surface area contributed by atoms with E-state index >= 15 is 0 Å². The van der Waals surface area contributed by atoms with E-state index in [1.807, 2.05) is 35.9 Å². The van der Waals surface area contributed by atoms with Crippen LogP contribution in [0.15, 0.2) is 24.3 Å². The molecule has 0 aliphatic carbocycles. The summed E-state index contributed by atoms with van der Waals surface area (Å²) in [5.74, 6) is -0.00202. The fourth-order valence-corrected chi connectivity index (χ4v) is 2.98. The lowest BCUT2D eigenvalue weighted by Crippen LogP contribution is -2.16. The van der Waals surface area contributed by atoms with E-state index in [1.54, 1.807) is 0 Å². The minimum absolute atomic E-state index is 0.327. The third-order valence-corrected chi connectivity index (χ3v) is 3.92. The molecule has 3 rings (SSSR count). The van der Waals surface area contributed by atoms with Crippen LogP contribution in [0.5, 0.6) is 0 Å². The lowest BCUT2D eigenvalue weighted by atomic mass is 10.0. The molecule has 110 valence electrons. The molecule has 0 bridgehead atoms. The number of hydrogen-bond donors (Lipinski definition) is 2. The van der Waals surface area contributed by atoms with Crippen molar-refractivity contribution in [2.24, 2.45) is 0 Å². The Bertz CT molecular complexity index is 676. The first-order valence-electron chi connectivity index (χ1n) is 7.28. The van der Waals surface area contributed by atoms with Crippen LogP contribution in [0, 0.1) is 0 Å². The number of benzene rings is 1. The summed E-state index contributed by atoms with van der Waals surface area (Å²) in [6, 6.07) is 7.86. The van der Waals surface area contributed by atoms with Crippen molar-refractivity contribution in [1.82, 2.24) is 14.9 Å². The minimum atomic E-state index is -0.898. The van der Waals surface area contributed by atoms with Crippen molar-refractivity contribution < 1.29 is 9.90 Å². The Balaban J connectivity index is 2.18. The first-order chi connectivity index (χ1) is 10.2. The Morgan fingerprint density at radius 2 is 2.19 bits per heavy atom. The van der Waals surface area contributed by atoms with Crippen molar-refractivity contribution in [2.75, 3.05) is 7.05 Å². The molecule has 1 aliphatic heterocycles. The van der Waals surface area contributed by atoms with Crippen molar-refractivity contribution in [2.45, 2.75) is 32.4 Å². The molecular formula is C16H19N3O2. The normalized spacial score (nSPS) is 14.0. The molecular weight excluding hydrogens is 266 g/mol. The highest BCUT2D eigenvalue weighted by atomic mass is 16.4. The molecule has 0 fully saturated rings. The lowest BCUT2D eigenvalue weighted by molar-refractivity contribution is 0.0684. The molecule has 2 N–H and O–H groups in total. The maximum atomic E-state index is 11.7. The Morgan fingerprint density at radius 1 is 1.38 bits per heavy atom. The third-order valence-electron chi connectivity index (χ3n) is 3.92. The quantitative estimate of drug-likeness (QED) is 0.904. The fourth-order valence-electron chi connectivity index (χ4n) is 2.98. The Labute approximate surface area is 123 Å². The second kappa shape index (κ2) is 5.69. The second-order valence-corrected chi connectivity index (χ2v) is 5.33. The summed E-state index contributed by atoms with van der Waals surface area (Å²) in [6.07, 6.45) is 2.95. The first kappa shape index (κ1) is 13.8. The molecule has 0 spiro atoms. The van der Waals surface area contributed by atoms with Gasteiger partial charge in [0.2, 0.25) is 0 Å². The Morgan fingerprint density at radius 3 is 2.95 bits per heavy atom. The van der Waals surface area contributed by atoms with E-state index in [4.69, 9.17) is 0 Å². The molecule has 1 aliphatic rings. The minimum Gasteiger partial charge on any atom is -0.477 e. The van der Waals surface area contributed by atoms with Crippen LogP contribution in [-0.2, 0) is 19.5 Å². The highest BCUT2D eigenvalue weighted by molar-refractivity contribution is 5.94. The predicted octanol–water partition coefficient (Wildman–Crippen LogP) is 2.30. The molecule has 1 aromatic heterocycles. The number of nitrogens with one attached hydrogen (secondary N) is 1. The Hall–Kier alpha value is -2.14. The monoisotopic (exact) mass is 285 g/mol. The maximum absolute atomic E-state index is 11.7. The summed E-state index contributed by atoms with van der Waals surface area (Å²) < 4.78 is 1.87. The lowest BCUT2D eigenvalue weighted by Gasteiger charge is -2.14. The van der Waals surface area contributed by atoms with Crippen LogP contribution in [-0.4, -0.2) is 27.7 Å². The van der Waals surface area contributed by atoms with E-state index in [1.165, 1.54) is 0 Å². The van der Waals surface area contributed by atoms with Crippen LogP contribution in [0.25, 0.3) is 11.3 Å². The maximum Gasteiger partial charge on any atom is 0.354 e. The highest BCUT2D eigenvalue weighted by Crippen LogP contribution is 2.30. The van der Waals surface area contributed by atoms with Gasteiger partial charge < -0.3 is 15.0 Å². The summed E-state index contributed by atoms with van der Waals surface area (Å²) in [4.78, 5) is 16.4.